The lowest BCUT2D eigenvalue weighted by molar-refractivity contribution is -0.138. The molecule has 0 saturated heterocycles. The first-order chi connectivity index (χ1) is 17.4. The van der Waals surface area contributed by atoms with Crippen LogP contribution in [0, 0.1) is 0 Å². The lowest BCUT2D eigenvalue weighted by Gasteiger charge is -2.24. The van der Waals surface area contributed by atoms with Gasteiger partial charge in [-0.3, -0.25) is 9.36 Å². The zero-order valence-electron chi connectivity index (χ0n) is 20.4. The van der Waals surface area contributed by atoms with Crippen LogP contribution in [0.2, 0.25) is 0 Å². The number of methoxy groups -OCH3 is 3. The highest BCUT2D eigenvalue weighted by Gasteiger charge is 2.33. The SMILES string of the molecule is C=CCOC(=O)C1=C(C)N=c2s/c(=C/c3ccc(OC)cc3OC)c(=O)n2C1c1ccc(OC)cc1. The van der Waals surface area contributed by atoms with Gasteiger partial charge in [0.1, 0.15) is 23.9 Å². The highest BCUT2D eigenvalue weighted by Crippen LogP contribution is 2.32. The van der Waals surface area contributed by atoms with Crippen molar-refractivity contribution < 1.29 is 23.7 Å². The topological polar surface area (TPSA) is 88.4 Å². The smallest absolute Gasteiger partial charge is 0.338 e. The van der Waals surface area contributed by atoms with Crippen LogP contribution in [0.4, 0.5) is 0 Å². The Balaban J connectivity index is 1.92. The summed E-state index contributed by atoms with van der Waals surface area (Å²) in [4.78, 5) is 31.9. The fourth-order valence-electron chi connectivity index (χ4n) is 3.98. The van der Waals surface area contributed by atoms with Crippen LogP contribution >= 0.6 is 11.3 Å². The molecule has 1 aliphatic heterocycles. The number of ether oxygens (including phenoxy) is 4. The molecular weight excluding hydrogens is 480 g/mol. The van der Waals surface area contributed by atoms with Crippen molar-refractivity contribution in [3.63, 3.8) is 0 Å². The summed E-state index contributed by atoms with van der Waals surface area (Å²) in [6, 6.07) is 11.9. The molecule has 0 spiro atoms. The maximum atomic E-state index is 13.7. The number of carbonyl (C=O) groups is 1. The van der Waals surface area contributed by atoms with Crippen LogP contribution in [0.15, 0.2) is 76.2 Å². The Labute approximate surface area is 212 Å². The molecule has 0 fully saturated rings. The van der Waals surface area contributed by atoms with Crippen molar-refractivity contribution in [2.45, 2.75) is 13.0 Å². The van der Waals surface area contributed by atoms with Gasteiger partial charge in [-0.1, -0.05) is 36.1 Å². The second kappa shape index (κ2) is 10.7. The lowest BCUT2D eigenvalue weighted by atomic mass is 9.96. The fourth-order valence-corrected chi connectivity index (χ4v) is 5.01. The predicted molar refractivity (Wildman–Crippen MR) is 137 cm³/mol. The van der Waals surface area contributed by atoms with Crippen molar-refractivity contribution in [3.05, 3.63) is 97.2 Å². The van der Waals surface area contributed by atoms with E-state index in [4.69, 9.17) is 18.9 Å². The molecule has 2 heterocycles. The summed E-state index contributed by atoms with van der Waals surface area (Å²) in [5.41, 5.74) is 1.94. The number of allylic oxidation sites excluding steroid dienone is 1. The van der Waals surface area contributed by atoms with E-state index in [1.807, 2.05) is 18.2 Å². The van der Waals surface area contributed by atoms with Gasteiger partial charge in [0.05, 0.1) is 43.2 Å². The summed E-state index contributed by atoms with van der Waals surface area (Å²) in [7, 11) is 4.71. The number of fused-ring (bicyclic) bond motifs is 1. The number of aromatic nitrogens is 1. The molecule has 1 aromatic heterocycles. The Bertz CT molecular complexity index is 1520. The summed E-state index contributed by atoms with van der Waals surface area (Å²) in [5.74, 6) is 1.32. The second-order valence-electron chi connectivity index (χ2n) is 7.85. The number of esters is 1. The molecule has 8 nitrogen and oxygen atoms in total. The average Bonchev–Trinajstić information content (AvgIpc) is 3.20. The van der Waals surface area contributed by atoms with Crippen LogP contribution in [-0.2, 0) is 9.53 Å². The molecule has 2 aromatic carbocycles. The molecular formula is C27H26N2O6S. The monoisotopic (exact) mass is 506 g/mol. The Morgan fingerprint density at radius 1 is 1.08 bits per heavy atom. The zero-order valence-corrected chi connectivity index (χ0v) is 21.3. The normalized spacial score (nSPS) is 15.1. The van der Waals surface area contributed by atoms with Gasteiger partial charge >= 0.3 is 5.97 Å². The van der Waals surface area contributed by atoms with E-state index in [-0.39, 0.29) is 12.2 Å². The van der Waals surface area contributed by atoms with Gasteiger partial charge in [0.2, 0.25) is 0 Å². The van der Waals surface area contributed by atoms with E-state index in [9.17, 15) is 9.59 Å². The van der Waals surface area contributed by atoms with Gasteiger partial charge in [0.25, 0.3) is 5.56 Å². The molecule has 0 saturated carbocycles. The maximum absolute atomic E-state index is 13.7. The van der Waals surface area contributed by atoms with E-state index in [0.29, 0.717) is 43.4 Å². The molecule has 0 amide bonds. The number of hydrogen-bond donors (Lipinski definition) is 0. The van der Waals surface area contributed by atoms with E-state index < -0.39 is 12.0 Å². The van der Waals surface area contributed by atoms with Crippen LogP contribution in [0.5, 0.6) is 17.2 Å². The summed E-state index contributed by atoms with van der Waals surface area (Å²) < 4.78 is 23.4. The van der Waals surface area contributed by atoms with Crippen molar-refractivity contribution in [3.8, 4) is 17.2 Å². The minimum absolute atomic E-state index is 0.0482. The third kappa shape index (κ3) is 4.70. The molecule has 4 rings (SSSR count). The molecule has 0 aliphatic carbocycles. The molecule has 0 bridgehead atoms. The van der Waals surface area contributed by atoms with E-state index >= 15 is 0 Å². The molecule has 1 unspecified atom stereocenters. The summed E-state index contributed by atoms with van der Waals surface area (Å²) in [6.07, 6.45) is 3.25. The van der Waals surface area contributed by atoms with Crippen LogP contribution < -0.4 is 29.1 Å². The van der Waals surface area contributed by atoms with Gasteiger partial charge in [-0.05, 0) is 42.8 Å². The van der Waals surface area contributed by atoms with Gasteiger partial charge in [-0.15, -0.1) is 0 Å². The number of hydrogen-bond acceptors (Lipinski definition) is 8. The summed E-state index contributed by atoms with van der Waals surface area (Å²) in [6.45, 7) is 5.39. The first-order valence-electron chi connectivity index (χ1n) is 11.1. The van der Waals surface area contributed by atoms with E-state index in [0.717, 1.165) is 5.56 Å². The Morgan fingerprint density at radius 3 is 2.42 bits per heavy atom. The quantitative estimate of drug-likeness (QED) is 0.345. The van der Waals surface area contributed by atoms with E-state index in [1.54, 1.807) is 58.6 Å². The Morgan fingerprint density at radius 2 is 1.78 bits per heavy atom. The first kappa shape index (κ1) is 25.0. The zero-order chi connectivity index (χ0) is 25.8. The molecule has 0 radical (unpaired) electrons. The van der Waals surface area contributed by atoms with Crippen LogP contribution in [0.3, 0.4) is 0 Å². The lowest BCUT2D eigenvalue weighted by Crippen LogP contribution is -2.39. The largest absolute Gasteiger partial charge is 0.497 e. The van der Waals surface area contributed by atoms with Gasteiger partial charge < -0.3 is 18.9 Å². The molecule has 1 aliphatic rings. The van der Waals surface area contributed by atoms with Crippen molar-refractivity contribution in [1.29, 1.82) is 0 Å². The standard InChI is InChI=1S/C27H26N2O6S/c1-6-13-35-26(31)23-16(2)28-27-29(24(23)17-7-10-19(32-3)11-8-17)25(30)22(36-27)14-18-9-12-20(33-4)15-21(18)34-5/h6-12,14-15,24H,1,13H2,2-5H3/b22-14+. The highest BCUT2D eigenvalue weighted by atomic mass is 32.1. The molecule has 9 heteroatoms. The number of thiazole rings is 1. The third-order valence-corrected chi connectivity index (χ3v) is 6.72. The van der Waals surface area contributed by atoms with Crippen molar-refractivity contribution in [1.82, 2.24) is 4.57 Å². The molecule has 36 heavy (non-hydrogen) atoms. The van der Waals surface area contributed by atoms with E-state index in [2.05, 4.69) is 11.6 Å². The van der Waals surface area contributed by atoms with Gasteiger partial charge in [-0.2, -0.15) is 0 Å². The van der Waals surface area contributed by atoms with E-state index in [1.165, 1.54) is 22.0 Å². The number of rotatable bonds is 8. The first-order valence-corrected chi connectivity index (χ1v) is 11.9. The number of carbonyl (C=O) groups excluding carboxylic acids is 1. The van der Waals surface area contributed by atoms with Crippen molar-refractivity contribution in [2.75, 3.05) is 27.9 Å². The minimum atomic E-state index is -0.718. The highest BCUT2D eigenvalue weighted by molar-refractivity contribution is 7.07. The summed E-state index contributed by atoms with van der Waals surface area (Å²) in [5, 5.41) is 0. The Kier molecular flexibility index (Phi) is 7.40. The third-order valence-electron chi connectivity index (χ3n) is 5.73. The molecule has 1 atom stereocenters. The van der Waals surface area contributed by atoms with Crippen LogP contribution in [-0.4, -0.2) is 38.5 Å². The van der Waals surface area contributed by atoms with Gasteiger partial charge in [0.15, 0.2) is 4.80 Å². The molecule has 186 valence electrons. The second-order valence-corrected chi connectivity index (χ2v) is 8.86. The average molecular weight is 507 g/mol. The van der Waals surface area contributed by atoms with Crippen LogP contribution in [0.1, 0.15) is 24.1 Å². The van der Waals surface area contributed by atoms with Gasteiger partial charge in [0, 0.05) is 11.6 Å². The fraction of sp³-hybridized carbons (Fsp3) is 0.222. The summed E-state index contributed by atoms with van der Waals surface area (Å²) >= 11 is 1.24. The minimum Gasteiger partial charge on any atom is -0.497 e. The number of benzene rings is 2. The van der Waals surface area contributed by atoms with Crippen molar-refractivity contribution in [2.24, 2.45) is 4.99 Å². The van der Waals surface area contributed by atoms with Crippen LogP contribution in [0.25, 0.3) is 6.08 Å². The van der Waals surface area contributed by atoms with Gasteiger partial charge in [-0.25, -0.2) is 9.79 Å². The molecule has 3 aromatic rings. The predicted octanol–water partition coefficient (Wildman–Crippen LogP) is 2.99. The maximum Gasteiger partial charge on any atom is 0.338 e. The molecule has 0 N–H and O–H groups in total. The van der Waals surface area contributed by atoms with Crippen molar-refractivity contribution >= 4 is 23.4 Å². The number of nitrogens with zero attached hydrogens (tertiary/aromatic N) is 2. The Hall–Kier alpha value is -4.11.